The number of nitrogens with one attached hydrogen (secondary N) is 1. The van der Waals surface area contributed by atoms with Crippen LogP contribution in [0.2, 0.25) is 0 Å². The van der Waals surface area contributed by atoms with E-state index in [4.69, 9.17) is 9.84 Å². The Morgan fingerprint density at radius 2 is 2.00 bits per heavy atom. The molecule has 17 heavy (non-hydrogen) atoms. The Hall–Kier alpha value is -2.23. The van der Waals surface area contributed by atoms with Crippen molar-refractivity contribution in [1.29, 1.82) is 0 Å². The molecule has 4 heteroatoms. The first-order chi connectivity index (χ1) is 8.28. The second kappa shape index (κ2) is 5.21. The van der Waals surface area contributed by atoms with Gasteiger partial charge in [-0.1, -0.05) is 12.1 Å². The zero-order valence-corrected chi connectivity index (χ0v) is 9.55. The van der Waals surface area contributed by atoms with Gasteiger partial charge in [0.2, 0.25) is 5.88 Å². The molecule has 1 heterocycles. The number of pyridine rings is 1. The molecule has 0 saturated heterocycles. The maximum atomic E-state index is 9.17. The number of anilines is 1. The monoisotopic (exact) mass is 230 g/mol. The molecule has 0 bridgehead atoms. The highest BCUT2D eigenvalue weighted by Gasteiger charge is 1.97. The number of benzene rings is 1. The minimum Gasteiger partial charge on any atom is -0.508 e. The first kappa shape index (κ1) is 11.3. The number of hydrogen-bond donors (Lipinski definition) is 2. The standard InChI is InChI=1S/C13H14N2O2/c1-17-13-8-11(6-7-14-13)15-9-10-2-4-12(16)5-3-10/h2-8,16H,9H2,1H3,(H,14,15). The van der Waals surface area contributed by atoms with E-state index in [-0.39, 0.29) is 5.75 Å². The van der Waals surface area contributed by atoms with Crippen LogP contribution in [0.25, 0.3) is 0 Å². The quantitative estimate of drug-likeness (QED) is 0.846. The van der Waals surface area contributed by atoms with Crippen LogP contribution in [0.15, 0.2) is 42.6 Å². The molecule has 0 aliphatic heterocycles. The van der Waals surface area contributed by atoms with Crippen molar-refractivity contribution >= 4 is 5.69 Å². The summed E-state index contributed by atoms with van der Waals surface area (Å²) in [6, 6.07) is 10.8. The summed E-state index contributed by atoms with van der Waals surface area (Å²) in [5.41, 5.74) is 2.04. The van der Waals surface area contributed by atoms with Gasteiger partial charge in [-0.15, -0.1) is 0 Å². The second-order valence-corrected chi connectivity index (χ2v) is 3.61. The van der Waals surface area contributed by atoms with Crippen molar-refractivity contribution in [2.24, 2.45) is 0 Å². The Morgan fingerprint density at radius 3 is 2.71 bits per heavy atom. The SMILES string of the molecule is COc1cc(NCc2ccc(O)cc2)ccn1. The normalized spacial score (nSPS) is 9.94. The van der Waals surface area contributed by atoms with Crippen LogP contribution in [0, 0.1) is 0 Å². The molecule has 4 nitrogen and oxygen atoms in total. The van der Waals surface area contributed by atoms with Crippen LogP contribution in [0.1, 0.15) is 5.56 Å². The number of hydrogen-bond acceptors (Lipinski definition) is 4. The fraction of sp³-hybridized carbons (Fsp3) is 0.154. The van der Waals surface area contributed by atoms with Gasteiger partial charge >= 0.3 is 0 Å². The molecule has 0 spiro atoms. The topological polar surface area (TPSA) is 54.4 Å². The summed E-state index contributed by atoms with van der Waals surface area (Å²) in [7, 11) is 1.59. The lowest BCUT2D eigenvalue weighted by Crippen LogP contribution is -1.99. The summed E-state index contributed by atoms with van der Waals surface area (Å²) in [5.74, 6) is 0.861. The van der Waals surface area contributed by atoms with Gasteiger partial charge in [0.05, 0.1) is 7.11 Å². The van der Waals surface area contributed by atoms with E-state index in [0.29, 0.717) is 12.4 Å². The summed E-state index contributed by atoms with van der Waals surface area (Å²) in [6.07, 6.45) is 1.69. The molecule has 0 radical (unpaired) electrons. The highest BCUT2D eigenvalue weighted by Crippen LogP contribution is 2.15. The molecule has 1 aromatic heterocycles. The van der Waals surface area contributed by atoms with Crippen LogP contribution in [0.4, 0.5) is 5.69 Å². The number of aromatic hydroxyl groups is 1. The second-order valence-electron chi connectivity index (χ2n) is 3.61. The molecule has 0 aliphatic carbocycles. The number of ether oxygens (including phenoxy) is 1. The van der Waals surface area contributed by atoms with Crippen molar-refractivity contribution in [2.45, 2.75) is 6.54 Å². The number of nitrogens with zero attached hydrogens (tertiary/aromatic N) is 1. The summed E-state index contributed by atoms with van der Waals surface area (Å²) in [5, 5.41) is 12.4. The van der Waals surface area contributed by atoms with Gasteiger partial charge in [-0.25, -0.2) is 4.98 Å². The molecule has 0 saturated carbocycles. The molecular formula is C13H14N2O2. The highest BCUT2D eigenvalue weighted by molar-refractivity contribution is 5.45. The van der Waals surface area contributed by atoms with Crippen LogP contribution in [-0.2, 0) is 6.54 Å². The van der Waals surface area contributed by atoms with E-state index in [1.54, 1.807) is 25.4 Å². The van der Waals surface area contributed by atoms with E-state index in [1.165, 1.54) is 0 Å². The number of aromatic nitrogens is 1. The fourth-order valence-electron chi connectivity index (χ4n) is 1.45. The third kappa shape index (κ3) is 3.11. The third-order valence-corrected chi connectivity index (χ3v) is 2.38. The van der Waals surface area contributed by atoms with Crippen LogP contribution < -0.4 is 10.1 Å². The Kier molecular flexibility index (Phi) is 3.45. The first-order valence-corrected chi connectivity index (χ1v) is 5.30. The van der Waals surface area contributed by atoms with Crippen molar-refractivity contribution in [3.8, 4) is 11.6 Å². The van der Waals surface area contributed by atoms with Gasteiger partial charge in [0, 0.05) is 24.5 Å². The van der Waals surface area contributed by atoms with Crippen molar-refractivity contribution in [3.63, 3.8) is 0 Å². The predicted molar refractivity (Wildman–Crippen MR) is 66.2 cm³/mol. The van der Waals surface area contributed by atoms with Crippen LogP contribution in [0.5, 0.6) is 11.6 Å². The van der Waals surface area contributed by atoms with Crippen molar-refractivity contribution in [2.75, 3.05) is 12.4 Å². The third-order valence-electron chi connectivity index (χ3n) is 2.38. The molecule has 2 rings (SSSR count). The molecule has 88 valence electrons. The van der Waals surface area contributed by atoms with Gasteiger partial charge in [0.1, 0.15) is 5.75 Å². The van der Waals surface area contributed by atoms with Gasteiger partial charge in [0.15, 0.2) is 0 Å². The van der Waals surface area contributed by atoms with Crippen molar-refractivity contribution in [3.05, 3.63) is 48.2 Å². The number of rotatable bonds is 4. The summed E-state index contributed by atoms with van der Waals surface area (Å²) in [6.45, 7) is 0.688. The van der Waals surface area contributed by atoms with Crippen molar-refractivity contribution in [1.82, 2.24) is 4.98 Å². The lowest BCUT2D eigenvalue weighted by atomic mass is 10.2. The van der Waals surface area contributed by atoms with E-state index < -0.39 is 0 Å². The number of phenolic OH excluding ortho intramolecular Hbond substituents is 1. The lowest BCUT2D eigenvalue weighted by Gasteiger charge is -2.07. The maximum absolute atomic E-state index is 9.17. The van der Waals surface area contributed by atoms with Crippen LogP contribution >= 0.6 is 0 Å². The summed E-state index contributed by atoms with van der Waals surface area (Å²) in [4.78, 5) is 4.03. The molecule has 0 atom stereocenters. The molecule has 0 aliphatic rings. The lowest BCUT2D eigenvalue weighted by molar-refractivity contribution is 0.398. The average molecular weight is 230 g/mol. The largest absolute Gasteiger partial charge is 0.508 e. The molecule has 0 amide bonds. The van der Waals surface area contributed by atoms with Gasteiger partial charge in [0.25, 0.3) is 0 Å². The molecule has 0 unspecified atom stereocenters. The van der Waals surface area contributed by atoms with E-state index in [2.05, 4.69) is 10.3 Å². The predicted octanol–water partition coefficient (Wildman–Crippen LogP) is 2.41. The van der Waals surface area contributed by atoms with Gasteiger partial charge < -0.3 is 15.2 Å². The maximum Gasteiger partial charge on any atom is 0.214 e. The zero-order valence-electron chi connectivity index (χ0n) is 9.55. The van der Waals surface area contributed by atoms with E-state index in [0.717, 1.165) is 11.3 Å². The molecule has 2 N–H and O–H groups in total. The van der Waals surface area contributed by atoms with Gasteiger partial charge in [-0.05, 0) is 23.8 Å². The van der Waals surface area contributed by atoms with E-state index in [9.17, 15) is 0 Å². The van der Waals surface area contributed by atoms with E-state index in [1.807, 2.05) is 24.3 Å². The molecule has 0 fully saturated rings. The highest BCUT2D eigenvalue weighted by atomic mass is 16.5. The van der Waals surface area contributed by atoms with Gasteiger partial charge in [-0.3, -0.25) is 0 Å². The number of methoxy groups -OCH3 is 1. The van der Waals surface area contributed by atoms with Crippen molar-refractivity contribution < 1.29 is 9.84 Å². The molecule has 2 aromatic rings. The Bertz CT molecular complexity index is 483. The minimum absolute atomic E-state index is 0.277. The average Bonchev–Trinajstić information content (AvgIpc) is 2.38. The Labute approximate surface area is 99.9 Å². The summed E-state index contributed by atoms with van der Waals surface area (Å²) < 4.78 is 5.04. The van der Waals surface area contributed by atoms with E-state index >= 15 is 0 Å². The van der Waals surface area contributed by atoms with Gasteiger partial charge in [-0.2, -0.15) is 0 Å². The summed E-state index contributed by atoms with van der Waals surface area (Å²) >= 11 is 0. The van der Waals surface area contributed by atoms with Crippen LogP contribution in [-0.4, -0.2) is 17.2 Å². The molecular weight excluding hydrogens is 216 g/mol. The minimum atomic E-state index is 0.277. The smallest absolute Gasteiger partial charge is 0.214 e. The Morgan fingerprint density at radius 1 is 1.24 bits per heavy atom. The fourth-order valence-corrected chi connectivity index (χ4v) is 1.45. The van der Waals surface area contributed by atoms with Crippen LogP contribution in [0.3, 0.4) is 0 Å². The zero-order chi connectivity index (χ0) is 12.1. The first-order valence-electron chi connectivity index (χ1n) is 5.30. The molecule has 1 aromatic carbocycles. The number of phenols is 1. The Balaban J connectivity index is 1.99.